The van der Waals surface area contributed by atoms with Crippen molar-refractivity contribution < 1.29 is 4.79 Å². The van der Waals surface area contributed by atoms with Crippen molar-refractivity contribution in [2.75, 3.05) is 10.6 Å². The maximum absolute atomic E-state index is 13.1. The molecule has 2 N–H and O–H groups in total. The highest BCUT2D eigenvalue weighted by molar-refractivity contribution is 6.30. The second-order valence-electron chi connectivity index (χ2n) is 5.88. The number of fused-ring (bicyclic) bond motifs is 1. The lowest BCUT2D eigenvalue weighted by Gasteiger charge is -2.27. The second kappa shape index (κ2) is 6.61. The largest absolute Gasteiger partial charge is 0.326 e. The molecule has 0 unspecified atom stereocenters. The summed E-state index contributed by atoms with van der Waals surface area (Å²) in [6.07, 6.45) is 0. The minimum Gasteiger partial charge on any atom is -0.326 e. The zero-order valence-corrected chi connectivity index (χ0v) is 14.6. The number of nitrogens with zero attached hydrogens (tertiary/aromatic N) is 4. The van der Waals surface area contributed by atoms with E-state index in [1.54, 1.807) is 28.9 Å². The number of anilines is 2. The molecule has 0 spiro atoms. The fourth-order valence-corrected chi connectivity index (χ4v) is 3.11. The molecule has 8 heteroatoms. The summed E-state index contributed by atoms with van der Waals surface area (Å²) in [7, 11) is 0. The Hall–Kier alpha value is -3.19. The Kier molecular flexibility index (Phi) is 4.14. The first-order valence-corrected chi connectivity index (χ1v) is 8.39. The minimum atomic E-state index is -0.422. The van der Waals surface area contributed by atoms with Gasteiger partial charge in [0.25, 0.3) is 5.91 Å². The molecule has 1 aromatic heterocycles. The Morgan fingerprint density at radius 2 is 1.88 bits per heavy atom. The van der Waals surface area contributed by atoms with E-state index in [1.807, 2.05) is 37.3 Å². The van der Waals surface area contributed by atoms with E-state index in [0.717, 1.165) is 5.56 Å². The van der Waals surface area contributed by atoms with Crippen molar-refractivity contribution in [3.63, 3.8) is 0 Å². The number of hydrogen-bond acceptors (Lipinski definition) is 5. The molecule has 3 aromatic rings. The average Bonchev–Trinajstić information content (AvgIpc) is 3.11. The van der Waals surface area contributed by atoms with Crippen molar-refractivity contribution in [3.8, 4) is 0 Å². The molecule has 1 aliphatic rings. The van der Waals surface area contributed by atoms with Gasteiger partial charge >= 0.3 is 0 Å². The van der Waals surface area contributed by atoms with Crippen molar-refractivity contribution >= 4 is 29.1 Å². The topological polar surface area (TPSA) is 84.7 Å². The van der Waals surface area contributed by atoms with Gasteiger partial charge in [-0.25, -0.2) is 0 Å². The normalized spacial score (nSPS) is 16.0. The van der Waals surface area contributed by atoms with E-state index in [-0.39, 0.29) is 5.91 Å². The molecule has 1 amide bonds. The Morgan fingerprint density at radius 1 is 1.15 bits per heavy atom. The molecule has 7 nitrogen and oxygen atoms in total. The van der Waals surface area contributed by atoms with Crippen molar-refractivity contribution in [2.45, 2.75) is 13.0 Å². The number of allylic oxidation sites excluding steroid dienone is 1. The zero-order chi connectivity index (χ0) is 18.1. The number of rotatable bonds is 3. The summed E-state index contributed by atoms with van der Waals surface area (Å²) in [6.45, 7) is 1.84. The van der Waals surface area contributed by atoms with Crippen LogP contribution in [0.2, 0.25) is 5.02 Å². The molecule has 2 aromatic carbocycles. The molecular formula is C18H15ClN6O. The number of nitrogens with one attached hydrogen (secondary N) is 2. The van der Waals surface area contributed by atoms with E-state index in [9.17, 15) is 4.79 Å². The van der Waals surface area contributed by atoms with E-state index in [2.05, 4.69) is 26.2 Å². The minimum absolute atomic E-state index is 0.229. The summed E-state index contributed by atoms with van der Waals surface area (Å²) in [5.41, 5.74) is 2.83. The highest BCUT2D eigenvalue weighted by atomic mass is 35.5. The van der Waals surface area contributed by atoms with E-state index >= 15 is 0 Å². The first-order chi connectivity index (χ1) is 12.6. The Balaban J connectivity index is 1.74. The Labute approximate surface area is 154 Å². The summed E-state index contributed by atoms with van der Waals surface area (Å²) in [6, 6.07) is 16.2. The maximum Gasteiger partial charge on any atom is 0.255 e. The van der Waals surface area contributed by atoms with Gasteiger partial charge in [0.1, 0.15) is 6.04 Å². The van der Waals surface area contributed by atoms with Crippen LogP contribution < -0.4 is 10.6 Å². The van der Waals surface area contributed by atoms with Gasteiger partial charge in [-0.15, -0.1) is 0 Å². The van der Waals surface area contributed by atoms with Crippen LogP contribution in [0.15, 0.2) is 65.9 Å². The molecule has 26 heavy (non-hydrogen) atoms. The third-order valence-corrected chi connectivity index (χ3v) is 4.43. The predicted molar refractivity (Wildman–Crippen MR) is 98.8 cm³/mol. The quantitative estimate of drug-likeness (QED) is 0.743. The van der Waals surface area contributed by atoms with Gasteiger partial charge in [-0.3, -0.25) is 4.79 Å². The van der Waals surface area contributed by atoms with Crippen LogP contribution in [0.3, 0.4) is 0 Å². The molecule has 0 bridgehead atoms. The number of halogens is 1. The highest BCUT2D eigenvalue weighted by Crippen LogP contribution is 2.34. The smallest absolute Gasteiger partial charge is 0.255 e. The third-order valence-electron chi connectivity index (χ3n) is 4.18. The van der Waals surface area contributed by atoms with Crippen molar-refractivity contribution in [1.29, 1.82) is 0 Å². The fourth-order valence-electron chi connectivity index (χ4n) is 2.98. The lowest BCUT2D eigenvalue weighted by Crippen LogP contribution is -2.31. The predicted octanol–water partition coefficient (Wildman–Crippen LogP) is 3.25. The summed E-state index contributed by atoms with van der Waals surface area (Å²) in [5, 5.41) is 18.4. The van der Waals surface area contributed by atoms with E-state index in [4.69, 9.17) is 11.6 Å². The van der Waals surface area contributed by atoms with E-state index in [1.165, 1.54) is 0 Å². The summed E-state index contributed by atoms with van der Waals surface area (Å²) in [4.78, 5) is 13.1. The Bertz CT molecular complexity index is 980. The number of tetrazole rings is 1. The van der Waals surface area contributed by atoms with Crippen LogP contribution in [-0.2, 0) is 4.79 Å². The van der Waals surface area contributed by atoms with E-state index < -0.39 is 6.04 Å². The van der Waals surface area contributed by atoms with Crippen LogP contribution >= 0.6 is 11.6 Å². The van der Waals surface area contributed by atoms with Crippen LogP contribution in [0.4, 0.5) is 11.6 Å². The number of hydrogen-bond donors (Lipinski definition) is 2. The highest BCUT2D eigenvalue weighted by Gasteiger charge is 2.33. The van der Waals surface area contributed by atoms with Gasteiger partial charge in [0.15, 0.2) is 0 Å². The van der Waals surface area contributed by atoms with Gasteiger partial charge in [-0.1, -0.05) is 47.0 Å². The van der Waals surface area contributed by atoms with E-state index in [0.29, 0.717) is 27.9 Å². The SMILES string of the molecule is CC1=C(C(=O)Nc2ccc(Cl)cc2)[C@@H](c2ccccc2)n2nnnc2N1. The summed E-state index contributed by atoms with van der Waals surface area (Å²) >= 11 is 5.91. The van der Waals surface area contributed by atoms with Crippen molar-refractivity contribution in [1.82, 2.24) is 20.2 Å². The number of carbonyl (C=O) groups is 1. The lowest BCUT2D eigenvalue weighted by molar-refractivity contribution is -0.113. The van der Waals surface area contributed by atoms with Crippen LogP contribution in [0, 0.1) is 0 Å². The first-order valence-electron chi connectivity index (χ1n) is 8.01. The molecule has 0 fully saturated rings. The molecule has 1 aliphatic heterocycles. The molecule has 0 saturated carbocycles. The van der Waals surface area contributed by atoms with Crippen LogP contribution in [0.1, 0.15) is 18.5 Å². The standard InChI is InChI=1S/C18H15ClN6O/c1-11-15(17(26)21-14-9-7-13(19)8-10-14)16(12-5-3-2-4-6-12)25-18(20-11)22-23-24-25/h2-10,16H,1H3,(H,21,26)(H,20,22,24)/t16-/m1/s1. The zero-order valence-electron chi connectivity index (χ0n) is 13.8. The second-order valence-corrected chi connectivity index (χ2v) is 6.32. The van der Waals surface area contributed by atoms with Gasteiger partial charge in [-0.2, -0.15) is 4.68 Å². The van der Waals surface area contributed by atoms with Gasteiger partial charge < -0.3 is 10.6 Å². The maximum atomic E-state index is 13.1. The molecule has 0 saturated heterocycles. The molecule has 0 radical (unpaired) electrons. The lowest BCUT2D eigenvalue weighted by atomic mass is 9.95. The van der Waals surface area contributed by atoms with Crippen LogP contribution in [0.5, 0.6) is 0 Å². The summed E-state index contributed by atoms with van der Waals surface area (Å²) in [5.74, 6) is 0.270. The monoisotopic (exact) mass is 366 g/mol. The van der Waals surface area contributed by atoms with Crippen LogP contribution in [0.25, 0.3) is 0 Å². The van der Waals surface area contributed by atoms with Crippen LogP contribution in [-0.4, -0.2) is 26.1 Å². The Morgan fingerprint density at radius 3 is 2.62 bits per heavy atom. The van der Waals surface area contributed by atoms with Crippen molar-refractivity contribution in [2.24, 2.45) is 0 Å². The number of aromatic nitrogens is 4. The van der Waals surface area contributed by atoms with Crippen molar-refractivity contribution in [3.05, 3.63) is 76.5 Å². The number of amides is 1. The average molecular weight is 367 g/mol. The molecule has 130 valence electrons. The summed E-state index contributed by atoms with van der Waals surface area (Å²) < 4.78 is 1.61. The third kappa shape index (κ3) is 2.93. The molecule has 2 heterocycles. The van der Waals surface area contributed by atoms with Gasteiger partial charge in [0, 0.05) is 16.4 Å². The first kappa shape index (κ1) is 16.3. The number of benzene rings is 2. The van der Waals surface area contributed by atoms with Gasteiger partial charge in [0.05, 0.1) is 5.57 Å². The van der Waals surface area contributed by atoms with Gasteiger partial charge in [-0.05, 0) is 47.2 Å². The fraction of sp³-hybridized carbons (Fsp3) is 0.111. The van der Waals surface area contributed by atoms with Gasteiger partial charge in [0.2, 0.25) is 5.95 Å². The molecular weight excluding hydrogens is 352 g/mol. The molecule has 1 atom stereocenters. The number of carbonyl (C=O) groups excluding carboxylic acids is 1. The molecule has 4 rings (SSSR count). The molecule has 0 aliphatic carbocycles.